The Morgan fingerprint density at radius 1 is 1.09 bits per heavy atom. The molecule has 3 heterocycles. The maximum absolute atomic E-state index is 12.6. The van der Waals surface area contributed by atoms with Crippen LogP contribution in [0.2, 0.25) is 0 Å². The average molecular weight is 440 g/mol. The summed E-state index contributed by atoms with van der Waals surface area (Å²) >= 11 is 0. The van der Waals surface area contributed by atoms with E-state index in [0.717, 1.165) is 42.1 Å². The van der Waals surface area contributed by atoms with Crippen molar-refractivity contribution in [3.8, 4) is 5.69 Å². The maximum atomic E-state index is 12.6. The van der Waals surface area contributed by atoms with Gasteiger partial charge in [0.1, 0.15) is 5.82 Å². The van der Waals surface area contributed by atoms with Crippen molar-refractivity contribution in [1.82, 2.24) is 19.9 Å². The minimum atomic E-state index is -0.200. The molecule has 1 aliphatic rings. The molecular weight excluding hydrogens is 414 g/mol. The molecule has 2 aromatic carbocycles. The smallest absolute Gasteiger partial charge is 0.330 e. The van der Waals surface area contributed by atoms with Crippen molar-refractivity contribution in [1.29, 1.82) is 0 Å². The van der Waals surface area contributed by atoms with E-state index in [-0.39, 0.29) is 11.6 Å². The first-order valence-electron chi connectivity index (χ1n) is 11.1. The average Bonchev–Trinajstić information content (AvgIpc) is 3.20. The lowest BCUT2D eigenvalue weighted by Crippen LogP contribution is -2.25. The fourth-order valence-electron chi connectivity index (χ4n) is 4.28. The zero-order valence-electron chi connectivity index (χ0n) is 18.4. The number of pyridine rings is 1. The van der Waals surface area contributed by atoms with Crippen molar-refractivity contribution in [3.63, 3.8) is 0 Å². The lowest BCUT2D eigenvalue weighted by atomic mass is 10.0. The van der Waals surface area contributed by atoms with Gasteiger partial charge in [0, 0.05) is 42.4 Å². The minimum Gasteiger partial charge on any atom is -0.348 e. The van der Waals surface area contributed by atoms with Crippen LogP contribution in [0.15, 0.2) is 77.9 Å². The monoisotopic (exact) mass is 439 g/mol. The maximum Gasteiger partial charge on any atom is 0.330 e. The Balaban J connectivity index is 1.23. The zero-order valence-corrected chi connectivity index (χ0v) is 18.4. The Bertz CT molecular complexity index is 1340. The summed E-state index contributed by atoms with van der Waals surface area (Å²) in [6.45, 7) is 3.19. The van der Waals surface area contributed by atoms with Gasteiger partial charge in [-0.15, -0.1) is 0 Å². The van der Waals surface area contributed by atoms with Crippen LogP contribution in [0.3, 0.4) is 0 Å². The van der Waals surface area contributed by atoms with Crippen molar-refractivity contribution in [2.24, 2.45) is 0 Å². The number of aromatic nitrogens is 3. The third kappa shape index (κ3) is 4.17. The van der Waals surface area contributed by atoms with Gasteiger partial charge in [-0.3, -0.25) is 9.36 Å². The van der Waals surface area contributed by atoms with Gasteiger partial charge in [-0.2, -0.15) is 0 Å². The molecule has 166 valence electrons. The Morgan fingerprint density at radius 3 is 2.64 bits per heavy atom. The van der Waals surface area contributed by atoms with Gasteiger partial charge < -0.3 is 15.2 Å². The summed E-state index contributed by atoms with van der Waals surface area (Å²) in [7, 11) is 0. The van der Waals surface area contributed by atoms with Crippen LogP contribution in [0.25, 0.3) is 5.69 Å². The molecule has 4 aromatic rings. The first-order chi connectivity index (χ1) is 16.1. The van der Waals surface area contributed by atoms with Crippen LogP contribution in [-0.2, 0) is 13.0 Å². The second-order valence-corrected chi connectivity index (χ2v) is 8.21. The van der Waals surface area contributed by atoms with Crippen molar-refractivity contribution < 1.29 is 4.79 Å². The SMILES string of the molecule is Cc1c[nH]c(=O)n1-c1ccc(C(=O)NCc2ccc(N3CCCc4ccccc43)nc2)cc1. The first-order valence-corrected chi connectivity index (χ1v) is 11.1. The number of amides is 1. The van der Waals surface area contributed by atoms with E-state index in [2.05, 4.69) is 44.5 Å². The minimum absolute atomic E-state index is 0.172. The first kappa shape index (κ1) is 20.8. The summed E-state index contributed by atoms with van der Waals surface area (Å²) in [6, 6.07) is 19.4. The summed E-state index contributed by atoms with van der Waals surface area (Å²) in [4.78, 5) is 34.1. The number of aromatic amines is 1. The number of hydrogen-bond acceptors (Lipinski definition) is 4. The summed E-state index contributed by atoms with van der Waals surface area (Å²) < 4.78 is 1.57. The molecule has 0 saturated carbocycles. The normalized spacial score (nSPS) is 12.9. The molecule has 7 heteroatoms. The van der Waals surface area contributed by atoms with Gasteiger partial charge >= 0.3 is 5.69 Å². The third-order valence-corrected chi connectivity index (χ3v) is 6.00. The van der Waals surface area contributed by atoms with Crippen LogP contribution < -0.4 is 15.9 Å². The molecule has 7 nitrogen and oxygen atoms in total. The van der Waals surface area contributed by atoms with Gasteiger partial charge in [-0.05, 0) is 67.3 Å². The highest BCUT2D eigenvalue weighted by Gasteiger charge is 2.18. The van der Waals surface area contributed by atoms with Crippen molar-refractivity contribution in [2.75, 3.05) is 11.4 Å². The fourth-order valence-corrected chi connectivity index (χ4v) is 4.28. The molecular formula is C26H25N5O2. The predicted octanol–water partition coefficient (Wildman–Crippen LogP) is 3.88. The number of hydrogen-bond donors (Lipinski definition) is 2. The number of nitrogens with zero attached hydrogens (tertiary/aromatic N) is 3. The highest BCUT2D eigenvalue weighted by molar-refractivity contribution is 5.94. The number of nitrogens with one attached hydrogen (secondary N) is 2. The molecule has 2 N–H and O–H groups in total. The van der Waals surface area contributed by atoms with E-state index in [1.54, 1.807) is 35.0 Å². The molecule has 2 aromatic heterocycles. The number of anilines is 2. The lowest BCUT2D eigenvalue weighted by molar-refractivity contribution is 0.0951. The van der Waals surface area contributed by atoms with E-state index in [4.69, 9.17) is 0 Å². The summed E-state index contributed by atoms with van der Waals surface area (Å²) in [6.07, 6.45) is 5.68. The molecule has 0 atom stereocenters. The lowest BCUT2D eigenvalue weighted by Gasteiger charge is -2.30. The van der Waals surface area contributed by atoms with Crippen LogP contribution in [0, 0.1) is 6.92 Å². The zero-order chi connectivity index (χ0) is 22.8. The molecule has 1 aliphatic heterocycles. The van der Waals surface area contributed by atoms with Crippen LogP contribution in [0.1, 0.15) is 33.6 Å². The molecule has 0 fully saturated rings. The van der Waals surface area contributed by atoms with Crippen molar-refractivity contribution in [3.05, 3.63) is 106 Å². The number of para-hydroxylation sites is 1. The quantitative estimate of drug-likeness (QED) is 0.494. The Kier molecular flexibility index (Phi) is 5.52. The summed E-state index contributed by atoms with van der Waals surface area (Å²) in [5.41, 5.74) is 5.37. The van der Waals surface area contributed by atoms with Gasteiger partial charge in [0.25, 0.3) is 5.91 Å². The van der Waals surface area contributed by atoms with Gasteiger partial charge in [-0.1, -0.05) is 24.3 Å². The topological polar surface area (TPSA) is 83.0 Å². The second-order valence-electron chi connectivity index (χ2n) is 8.21. The summed E-state index contributed by atoms with van der Waals surface area (Å²) in [5.74, 6) is 0.747. The standard InChI is InChI=1S/C26H25N5O2/c1-18-15-29-26(33)31(18)22-11-9-21(10-12-22)25(32)28-17-19-8-13-24(27-16-19)30-14-4-6-20-5-2-3-7-23(20)30/h2-3,5,7-13,15-16H,4,6,14,17H2,1H3,(H,28,32)(H,29,33). The van der Waals surface area contributed by atoms with Gasteiger partial charge in [-0.25, -0.2) is 9.78 Å². The van der Waals surface area contributed by atoms with E-state index < -0.39 is 0 Å². The molecule has 0 radical (unpaired) electrons. The molecule has 0 aliphatic carbocycles. The van der Waals surface area contributed by atoms with Crippen LogP contribution >= 0.6 is 0 Å². The molecule has 33 heavy (non-hydrogen) atoms. The number of aryl methyl sites for hydroxylation is 2. The molecule has 1 amide bonds. The number of fused-ring (bicyclic) bond motifs is 1. The van der Waals surface area contributed by atoms with Crippen LogP contribution in [0.4, 0.5) is 11.5 Å². The summed E-state index contributed by atoms with van der Waals surface area (Å²) in [5, 5.41) is 2.94. The van der Waals surface area contributed by atoms with Gasteiger partial charge in [0.05, 0.1) is 5.69 Å². The molecule has 0 saturated heterocycles. The Morgan fingerprint density at radius 2 is 1.91 bits per heavy atom. The van der Waals surface area contributed by atoms with Gasteiger partial charge in [0.2, 0.25) is 0 Å². The number of rotatable bonds is 5. The molecule has 0 bridgehead atoms. The number of benzene rings is 2. The molecule has 0 unspecified atom stereocenters. The van der Waals surface area contributed by atoms with E-state index in [1.165, 1.54) is 11.3 Å². The number of carbonyl (C=O) groups is 1. The predicted molar refractivity (Wildman–Crippen MR) is 128 cm³/mol. The van der Waals surface area contributed by atoms with Crippen molar-refractivity contribution >= 4 is 17.4 Å². The third-order valence-electron chi connectivity index (χ3n) is 6.00. The van der Waals surface area contributed by atoms with Gasteiger partial charge in [0.15, 0.2) is 0 Å². The highest BCUT2D eigenvalue weighted by Crippen LogP contribution is 2.32. The number of imidazole rings is 1. The van der Waals surface area contributed by atoms with E-state index >= 15 is 0 Å². The second kappa shape index (κ2) is 8.78. The van der Waals surface area contributed by atoms with E-state index in [0.29, 0.717) is 12.1 Å². The Hall–Kier alpha value is -4.13. The molecule has 0 spiro atoms. The highest BCUT2D eigenvalue weighted by atomic mass is 16.2. The van der Waals surface area contributed by atoms with Crippen LogP contribution in [-0.4, -0.2) is 27.0 Å². The molecule has 5 rings (SSSR count). The largest absolute Gasteiger partial charge is 0.348 e. The fraction of sp³-hybridized carbons (Fsp3) is 0.192. The van der Waals surface area contributed by atoms with Crippen molar-refractivity contribution in [2.45, 2.75) is 26.3 Å². The number of carbonyl (C=O) groups excluding carboxylic acids is 1. The Labute approximate surface area is 191 Å². The van der Waals surface area contributed by atoms with Crippen LogP contribution in [0.5, 0.6) is 0 Å². The number of H-pyrrole nitrogens is 1. The van der Waals surface area contributed by atoms with E-state index in [1.807, 2.05) is 25.3 Å². The van der Waals surface area contributed by atoms with E-state index in [9.17, 15) is 9.59 Å².